The van der Waals surface area contributed by atoms with Crippen molar-refractivity contribution in [3.63, 3.8) is 0 Å². The van der Waals surface area contributed by atoms with E-state index in [-0.39, 0.29) is 6.03 Å². The third kappa shape index (κ3) is 4.92. The number of nitrogens with one attached hydrogen (secondary N) is 1. The average Bonchev–Trinajstić information content (AvgIpc) is 2.54. The van der Waals surface area contributed by atoms with E-state index in [4.69, 9.17) is 0 Å². The lowest BCUT2D eigenvalue weighted by atomic mass is 10.1. The van der Waals surface area contributed by atoms with Crippen LogP contribution in [0.3, 0.4) is 0 Å². The standard InChI is InChI=1S/C19H24N2O/c1-16(2)13-14-20-19(22)21(18-11-7-4-8-12-18)15-17-9-5-3-6-10-17/h3-12,16H,13-15H2,1-2H3,(H,20,22). The molecule has 2 aromatic carbocycles. The molecule has 0 atom stereocenters. The zero-order valence-electron chi connectivity index (χ0n) is 13.3. The maximum absolute atomic E-state index is 12.5. The van der Waals surface area contributed by atoms with Crippen molar-refractivity contribution < 1.29 is 4.79 Å². The molecule has 0 heterocycles. The van der Waals surface area contributed by atoms with Crippen LogP contribution in [0.25, 0.3) is 0 Å². The van der Waals surface area contributed by atoms with Crippen molar-refractivity contribution in [1.82, 2.24) is 5.32 Å². The SMILES string of the molecule is CC(C)CCNC(=O)N(Cc1ccccc1)c1ccccc1. The molecule has 0 aliphatic rings. The zero-order valence-corrected chi connectivity index (χ0v) is 13.3. The van der Waals surface area contributed by atoms with E-state index in [0.29, 0.717) is 19.0 Å². The lowest BCUT2D eigenvalue weighted by Crippen LogP contribution is -2.40. The Morgan fingerprint density at radius 3 is 2.18 bits per heavy atom. The molecular weight excluding hydrogens is 272 g/mol. The zero-order chi connectivity index (χ0) is 15.8. The number of anilines is 1. The molecule has 2 rings (SSSR count). The van der Waals surface area contributed by atoms with Crippen LogP contribution in [0.5, 0.6) is 0 Å². The molecule has 0 fully saturated rings. The molecule has 22 heavy (non-hydrogen) atoms. The highest BCUT2D eigenvalue weighted by Crippen LogP contribution is 2.17. The van der Waals surface area contributed by atoms with Crippen LogP contribution < -0.4 is 10.2 Å². The Hall–Kier alpha value is -2.29. The van der Waals surface area contributed by atoms with Crippen LogP contribution in [-0.2, 0) is 6.54 Å². The summed E-state index contributed by atoms with van der Waals surface area (Å²) < 4.78 is 0. The smallest absolute Gasteiger partial charge is 0.322 e. The van der Waals surface area contributed by atoms with Crippen LogP contribution in [0.2, 0.25) is 0 Å². The van der Waals surface area contributed by atoms with E-state index in [2.05, 4.69) is 19.2 Å². The number of urea groups is 1. The van der Waals surface area contributed by atoms with Crippen molar-refractivity contribution >= 4 is 11.7 Å². The quantitative estimate of drug-likeness (QED) is 0.839. The van der Waals surface area contributed by atoms with Gasteiger partial charge in [-0.25, -0.2) is 4.79 Å². The van der Waals surface area contributed by atoms with Gasteiger partial charge in [-0.05, 0) is 30.0 Å². The maximum atomic E-state index is 12.5. The fourth-order valence-electron chi connectivity index (χ4n) is 2.22. The summed E-state index contributed by atoms with van der Waals surface area (Å²) in [7, 11) is 0. The molecule has 0 bridgehead atoms. The highest BCUT2D eigenvalue weighted by Gasteiger charge is 2.15. The molecule has 0 radical (unpaired) electrons. The van der Waals surface area contributed by atoms with Crippen LogP contribution >= 0.6 is 0 Å². The van der Waals surface area contributed by atoms with Crippen molar-refractivity contribution in [2.24, 2.45) is 5.92 Å². The molecule has 0 saturated heterocycles. The normalized spacial score (nSPS) is 10.5. The number of para-hydroxylation sites is 1. The molecular formula is C19H24N2O. The Bertz CT molecular complexity index is 567. The van der Waals surface area contributed by atoms with Gasteiger partial charge in [0.25, 0.3) is 0 Å². The first kappa shape index (κ1) is 16.1. The van der Waals surface area contributed by atoms with E-state index in [9.17, 15) is 4.79 Å². The summed E-state index contributed by atoms with van der Waals surface area (Å²) in [5.41, 5.74) is 2.03. The molecule has 2 amide bonds. The minimum absolute atomic E-state index is 0.0456. The highest BCUT2D eigenvalue weighted by atomic mass is 16.2. The van der Waals surface area contributed by atoms with E-state index in [0.717, 1.165) is 17.7 Å². The van der Waals surface area contributed by atoms with E-state index >= 15 is 0 Å². The van der Waals surface area contributed by atoms with E-state index in [1.807, 2.05) is 60.7 Å². The van der Waals surface area contributed by atoms with Gasteiger partial charge in [-0.2, -0.15) is 0 Å². The Kier molecular flexibility index (Phi) is 6.01. The molecule has 0 spiro atoms. The van der Waals surface area contributed by atoms with Crippen LogP contribution in [0.15, 0.2) is 60.7 Å². The number of rotatable bonds is 6. The van der Waals surface area contributed by atoms with E-state index in [1.54, 1.807) is 4.90 Å². The minimum atomic E-state index is -0.0456. The second kappa shape index (κ2) is 8.23. The number of benzene rings is 2. The summed E-state index contributed by atoms with van der Waals surface area (Å²) in [4.78, 5) is 14.3. The van der Waals surface area contributed by atoms with Crippen molar-refractivity contribution in [2.45, 2.75) is 26.8 Å². The van der Waals surface area contributed by atoms with Gasteiger partial charge in [0, 0.05) is 12.2 Å². The fourth-order valence-corrected chi connectivity index (χ4v) is 2.22. The molecule has 0 aliphatic heterocycles. The summed E-state index contributed by atoms with van der Waals surface area (Å²) in [5.74, 6) is 0.583. The first-order chi connectivity index (χ1) is 10.7. The van der Waals surface area contributed by atoms with Gasteiger partial charge in [-0.3, -0.25) is 4.90 Å². The van der Waals surface area contributed by atoms with Crippen LogP contribution in [0.4, 0.5) is 10.5 Å². The van der Waals surface area contributed by atoms with Gasteiger partial charge in [0.15, 0.2) is 0 Å². The Morgan fingerprint density at radius 2 is 1.59 bits per heavy atom. The molecule has 0 aliphatic carbocycles. The molecule has 2 aromatic rings. The first-order valence-electron chi connectivity index (χ1n) is 7.81. The first-order valence-corrected chi connectivity index (χ1v) is 7.81. The second-order valence-electron chi connectivity index (χ2n) is 5.82. The van der Waals surface area contributed by atoms with Gasteiger partial charge in [-0.1, -0.05) is 62.4 Å². The maximum Gasteiger partial charge on any atom is 0.322 e. The van der Waals surface area contributed by atoms with Gasteiger partial charge in [0.05, 0.1) is 6.54 Å². The number of hydrogen-bond donors (Lipinski definition) is 1. The molecule has 1 N–H and O–H groups in total. The van der Waals surface area contributed by atoms with Crippen molar-refractivity contribution in [1.29, 1.82) is 0 Å². The molecule has 0 saturated carbocycles. The third-order valence-electron chi connectivity index (χ3n) is 3.49. The summed E-state index contributed by atoms with van der Waals surface area (Å²) in [6.45, 7) is 5.59. The summed E-state index contributed by atoms with van der Waals surface area (Å²) >= 11 is 0. The van der Waals surface area contributed by atoms with Crippen molar-refractivity contribution in [3.8, 4) is 0 Å². The van der Waals surface area contributed by atoms with Crippen LogP contribution in [0, 0.1) is 5.92 Å². The van der Waals surface area contributed by atoms with E-state index in [1.165, 1.54) is 0 Å². The Morgan fingerprint density at radius 1 is 1.00 bits per heavy atom. The highest BCUT2D eigenvalue weighted by molar-refractivity contribution is 5.91. The van der Waals surface area contributed by atoms with Gasteiger partial charge in [0.2, 0.25) is 0 Å². The number of hydrogen-bond acceptors (Lipinski definition) is 1. The molecule has 3 nitrogen and oxygen atoms in total. The van der Waals surface area contributed by atoms with E-state index < -0.39 is 0 Å². The number of carbonyl (C=O) groups is 1. The van der Waals surface area contributed by atoms with Crippen molar-refractivity contribution in [2.75, 3.05) is 11.4 Å². The summed E-state index contributed by atoms with van der Waals surface area (Å²) in [5, 5.41) is 3.02. The lowest BCUT2D eigenvalue weighted by molar-refractivity contribution is 0.245. The monoisotopic (exact) mass is 296 g/mol. The minimum Gasteiger partial charge on any atom is -0.338 e. The van der Waals surface area contributed by atoms with Gasteiger partial charge in [0.1, 0.15) is 0 Å². The second-order valence-corrected chi connectivity index (χ2v) is 5.82. The fraction of sp³-hybridized carbons (Fsp3) is 0.316. The van der Waals surface area contributed by atoms with Crippen LogP contribution in [0.1, 0.15) is 25.8 Å². The predicted octanol–water partition coefficient (Wildman–Crippen LogP) is 4.45. The van der Waals surface area contributed by atoms with Gasteiger partial charge in [-0.15, -0.1) is 0 Å². The average molecular weight is 296 g/mol. The third-order valence-corrected chi connectivity index (χ3v) is 3.49. The van der Waals surface area contributed by atoms with Crippen molar-refractivity contribution in [3.05, 3.63) is 66.2 Å². The summed E-state index contributed by atoms with van der Waals surface area (Å²) in [6, 6.07) is 19.8. The predicted molar refractivity (Wildman–Crippen MR) is 91.9 cm³/mol. The Balaban J connectivity index is 2.10. The lowest BCUT2D eigenvalue weighted by Gasteiger charge is -2.23. The number of amides is 2. The van der Waals surface area contributed by atoms with Gasteiger partial charge < -0.3 is 5.32 Å². The number of nitrogens with zero attached hydrogens (tertiary/aromatic N) is 1. The molecule has 0 unspecified atom stereocenters. The number of carbonyl (C=O) groups excluding carboxylic acids is 1. The molecule has 0 aromatic heterocycles. The van der Waals surface area contributed by atoms with Crippen LogP contribution in [-0.4, -0.2) is 12.6 Å². The molecule has 3 heteroatoms. The Labute approximate surface area is 133 Å². The topological polar surface area (TPSA) is 32.3 Å². The molecule has 116 valence electrons. The van der Waals surface area contributed by atoms with Gasteiger partial charge >= 0.3 is 6.03 Å². The largest absolute Gasteiger partial charge is 0.338 e. The summed E-state index contributed by atoms with van der Waals surface area (Å²) in [6.07, 6.45) is 0.986.